The van der Waals surface area contributed by atoms with E-state index in [0.29, 0.717) is 5.92 Å². The smallest absolute Gasteiger partial charge is 0.119 e. The molecule has 2 nitrogen and oxygen atoms in total. The van der Waals surface area contributed by atoms with E-state index in [2.05, 4.69) is 45.0 Å². The molecule has 4 atom stereocenters. The first-order valence-corrected chi connectivity index (χ1v) is 7.11. The van der Waals surface area contributed by atoms with Gasteiger partial charge >= 0.3 is 0 Å². The molecule has 1 saturated carbocycles. The molecule has 100 valence electrons. The molecule has 0 aromatic heterocycles. The molecule has 18 heavy (non-hydrogen) atoms. The summed E-state index contributed by atoms with van der Waals surface area (Å²) in [6.07, 6.45) is 3.51. The Bertz CT molecular complexity index is 361. The van der Waals surface area contributed by atoms with Crippen LogP contribution in [0.5, 0.6) is 5.75 Å². The van der Waals surface area contributed by atoms with Crippen LogP contribution in [0.2, 0.25) is 0 Å². The summed E-state index contributed by atoms with van der Waals surface area (Å²) >= 11 is 0. The molecule has 0 bridgehead atoms. The molecule has 1 aliphatic carbocycles. The minimum Gasteiger partial charge on any atom is -0.489 e. The Balaban J connectivity index is 2.03. The molecule has 0 spiro atoms. The summed E-state index contributed by atoms with van der Waals surface area (Å²) in [6, 6.07) is 8.57. The summed E-state index contributed by atoms with van der Waals surface area (Å²) in [7, 11) is 0. The minimum absolute atomic E-state index is 0.161. The van der Waals surface area contributed by atoms with Gasteiger partial charge in [-0.3, -0.25) is 0 Å². The van der Waals surface area contributed by atoms with Gasteiger partial charge in [0.25, 0.3) is 0 Å². The molecular weight excluding hydrogens is 222 g/mol. The van der Waals surface area contributed by atoms with Crippen LogP contribution in [0.25, 0.3) is 0 Å². The third-order valence-corrected chi connectivity index (χ3v) is 4.04. The van der Waals surface area contributed by atoms with Gasteiger partial charge in [0.1, 0.15) is 11.9 Å². The highest BCUT2D eigenvalue weighted by molar-refractivity contribution is 5.27. The van der Waals surface area contributed by atoms with Crippen molar-refractivity contribution in [2.45, 2.75) is 52.2 Å². The summed E-state index contributed by atoms with van der Waals surface area (Å²) in [6.45, 7) is 6.69. The predicted molar refractivity (Wildman–Crippen MR) is 75.8 cm³/mol. The fourth-order valence-electron chi connectivity index (χ4n) is 3.05. The number of rotatable bonds is 3. The van der Waals surface area contributed by atoms with Crippen LogP contribution >= 0.6 is 0 Å². The lowest BCUT2D eigenvalue weighted by Crippen LogP contribution is -2.48. The van der Waals surface area contributed by atoms with E-state index >= 15 is 0 Å². The summed E-state index contributed by atoms with van der Waals surface area (Å²) in [5.74, 6) is 2.21. The first-order chi connectivity index (χ1) is 8.60. The SMILES string of the molecule is CCc1ccc(OC2C(C)CC(C)CC2N)cc1. The molecule has 0 heterocycles. The first kappa shape index (κ1) is 13.4. The molecule has 2 N–H and O–H groups in total. The molecule has 1 aromatic carbocycles. The third-order valence-electron chi connectivity index (χ3n) is 4.04. The molecule has 0 radical (unpaired) electrons. The maximum absolute atomic E-state index is 6.24. The van der Waals surface area contributed by atoms with Crippen molar-refractivity contribution >= 4 is 0 Å². The van der Waals surface area contributed by atoms with Gasteiger partial charge in [-0.2, -0.15) is 0 Å². The minimum atomic E-state index is 0.161. The van der Waals surface area contributed by atoms with Gasteiger partial charge in [-0.1, -0.05) is 32.9 Å². The molecule has 1 aliphatic rings. The lowest BCUT2D eigenvalue weighted by Gasteiger charge is -2.37. The molecule has 1 fully saturated rings. The van der Waals surface area contributed by atoms with E-state index in [4.69, 9.17) is 10.5 Å². The van der Waals surface area contributed by atoms with Crippen LogP contribution in [-0.4, -0.2) is 12.1 Å². The van der Waals surface area contributed by atoms with E-state index in [1.165, 1.54) is 12.0 Å². The van der Waals surface area contributed by atoms with Crippen LogP contribution in [-0.2, 0) is 6.42 Å². The van der Waals surface area contributed by atoms with Gasteiger partial charge in [0.2, 0.25) is 0 Å². The highest BCUT2D eigenvalue weighted by atomic mass is 16.5. The van der Waals surface area contributed by atoms with Gasteiger partial charge in [-0.15, -0.1) is 0 Å². The maximum Gasteiger partial charge on any atom is 0.119 e. The topological polar surface area (TPSA) is 35.2 Å². The number of hydrogen-bond donors (Lipinski definition) is 1. The van der Waals surface area contributed by atoms with E-state index in [0.717, 1.165) is 24.5 Å². The Morgan fingerprint density at radius 2 is 1.83 bits per heavy atom. The lowest BCUT2D eigenvalue weighted by molar-refractivity contribution is 0.0626. The van der Waals surface area contributed by atoms with E-state index in [1.807, 2.05) is 0 Å². The summed E-state index contributed by atoms with van der Waals surface area (Å²) in [5.41, 5.74) is 7.58. The van der Waals surface area contributed by atoms with Gasteiger partial charge in [-0.25, -0.2) is 0 Å². The van der Waals surface area contributed by atoms with E-state index in [-0.39, 0.29) is 12.1 Å². The largest absolute Gasteiger partial charge is 0.489 e. The highest BCUT2D eigenvalue weighted by Gasteiger charge is 2.33. The molecule has 0 aliphatic heterocycles. The van der Waals surface area contributed by atoms with Crippen LogP contribution < -0.4 is 10.5 Å². The molecule has 1 aromatic rings. The quantitative estimate of drug-likeness (QED) is 0.888. The Hall–Kier alpha value is -1.02. The Morgan fingerprint density at radius 3 is 2.39 bits per heavy atom. The molecule has 0 amide bonds. The van der Waals surface area contributed by atoms with Crippen molar-refractivity contribution in [2.24, 2.45) is 17.6 Å². The van der Waals surface area contributed by atoms with Crippen molar-refractivity contribution in [3.8, 4) is 5.75 Å². The predicted octanol–water partition coefficient (Wildman–Crippen LogP) is 3.39. The van der Waals surface area contributed by atoms with Crippen LogP contribution in [0.15, 0.2) is 24.3 Å². The zero-order chi connectivity index (χ0) is 13.1. The van der Waals surface area contributed by atoms with Crippen molar-refractivity contribution < 1.29 is 4.74 Å². The summed E-state index contributed by atoms with van der Waals surface area (Å²) in [4.78, 5) is 0. The fraction of sp³-hybridized carbons (Fsp3) is 0.625. The monoisotopic (exact) mass is 247 g/mol. The molecule has 2 rings (SSSR count). The summed E-state index contributed by atoms with van der Waals surface area (Å²) in [5, 5.41) is 0. The number of aryl methyl sites for hydroxylation is 1. The maximum atomic E-state index is 6.24. The fourth-order valence-corrected chi connectivity index (χ4v) is 3.05. The number of nitrogens with two attached hydrogens (primary N) is 1. The van der Waals surface area contributed by atoms with Gasteiger partial charge < -0.3 is 10.5 Å². The van der Waals surface area contributed by atoms with Crippen LogP contribution in [0.4, 0.5) is 0 Å². The normalized spacial score (nSPS) is 32.2. The zero-order valence-corrected chi connectivity index (χ0v) is 11.7. The van der Waals surface area contributed by atoms with Crippen molar-refractivity contribution in [3.05, 3.63) is 29.8 Å². The number of hydrogen-bond acceptors (Lipinski definition) is 2. The zero-order valence-electron chi connectivity index (χ0n) is 11.7. The third kappa shape index (κ3) is 3.05. The average Bonchev–Trinajstić information content (AvgIpc) is 2.34. The van der Waals surface area contributed by atoms with Crippen molar-refractivity contribution in [1.82, 2.24) is 0 Å². The van der Waals surface area contributed by atoms with Crippen LogP contribution in [0.1, 0.15) is 39.2 Å². The van der Waals surface area contributed by atoms with E-state index < -0.39 is 0 Å². The average molecular weight is 247 g/mol. The lowest BCUT2D eigenvalue weighted by atomic mass is 9.78. The van der Waals surface area contributed by atoms with Gasteiger partial charge in [0, 0.05) is 6.04 Å². The van der Waals surface area contributed by atoms with Gasteiger partial charge in [0.05, 0.1) is 0 Å². The van der Waals surface area contributed by atoms with Crippen molar-refractivity contribution in [3.63, 3.8) is 0 Å². The molecule has 4 unspecified atom stereocenters. The second-order valence-electron chi connectivity index (χ2n) is 5.80. The second kappa shape index (κ2) is 5.75. The van der Waals surface area contributed by atoms with Gasteiger partial charge in [0.15, 0.2) is 0 Å². The Kier molecular flexibility index (Phi) is 4.28. The van der Waals surface area contributed by atoms with Gasteiger partial charge in [-0.05, 0) is 48.8 Å². The number of ether oxygens (including phenoxy) is 1. The highest BCUT2D eigenvalue weighted by Crippen LogP contribution is 2.31. The van der Waals surface area contributed by atoms with Crippen molar-refractivity contribution in [1.29, 1.82) is 0 Å². The van der Waals surface area contributed by atoms with E-state index in [9.17, 15) is 0 Å². The summed E-state index contributed by atoms with van der Waals surface area (Å²) < 4.78 is 6.10. The molecule has 0 saturated heterocycles. The standard InChI is InChI=1S/C16H25NO/c1-4-13-5-7-14(8-6-13)18-16-12(3)9-11(2)10-15(16)17/h5-8,11-12,15-16H,4,9-10,17H2,1-3H3. The molecule has 2 heteroatoms. The second-order valence-corrected chi connectivity index (χ2v) is 5.80. The van der Waals surface area contributed by atoms with Crippen LogP contribution in [0, 0.1) is 11.8 Å². The Morgan fingerprint density at radius 1 is 1.17 bits per heavy atom. The molecular formula is C16H25NO. The van der Waals surface area contributed by atoms with Crippen molar-refractivity contribution in [2.75, 3.05) is 0 Å². The van der Waals surface area contributed by atoms with Crippen LogP contribution in [0.3, 0.4) is 0 Å². The first-order valence-electron chi connectivity index (χ1n) is 7.11. The Labute approximate surface area is 111 Å². The number of benzene rings is 1. The van der Waals surface area contributed by atoms with E-state index in [1.54, 1.807) is 0 Å².